The number of hydrogen-bond donors (Lipinski definition) is 1. The summed E-state index contributed by atoms with van der Waals surface area (Å²) in [6.45, 7) is 11.5. The standard InChI is InChI=1S/C17H25N3/c1-11(2)17-19-6-7-20(17)10-15(18)16-13(4)8-12(3)9-14(16)5/h6-9,11,15H,10,18H2,1-5H3. The van der Waals surface area contributed by atoms with Gasteiger partial charge in [-0.05, 0) is 37.5 Å². The van der Waals surface area contributed by atoms with Crippen molar-refractivity contribution in [2.75, 3.05) is 0 Å². The number of aromatic nitrogens is 2. The molecule has 0 aliphatic rings. The molecule has 1 unspecified atom stereocenters. The third-order valence-corrected chi connectivity index (χ3v) is 3.77. The zero-order valence-corrected chi connectivity index (χ0v) is 13.1. The van der Waals surface area contributed by atoms with Crippen LogP contribution in [0.5, 0.6) is 0 Å². The van der Waals surface area contributed by atoms with Crippen LogP contribution in [0.1, 0.15) is 53.9 Å². The highest BCUT2D eigenvalue weighted by molar-refractivity contribution is 5.39. The molecule has 0 saturated carbocycles. The summed E-state index contributed by atoms with van der Waals surface area (Å²) >= 11 is 0. The van der Waals surface area contributed by atoms with E-state index in [0.717, 1.165) is 12.4 Å². The minimum Gasteiger partial charge on any atom is -0.333 e. The molecule has 0 amide bonds. The molecule has 20 heavy (non-hydrogen) atoms. The molecule has 1 atom stereocenters. The summed E-state index contributed by atoms with van der Waals surface area (Å²) in [5, 5.41) is 0. The summed E-state index contributed by atoms with van der Waals surface area (Å²) in [6, 6.07) is 4.42. The van der Waals surface area contributed by atoms with Crippen molar-refractivity contribution < 1.29 is 0 Å². The second-order valence-corrected chi connectivity index (χ2v) is 6.01. The number of benzene rings is 1. The number of nitrogens with two attached hydrogens (primary N) is 1. The smallest absolute Gasteiger partial charge is 0.111 e. The lowest BCUT2D eigenvalue weighted by atomic mass is 9.94. The van der Waals surface area contributed by atoms with Gasteiger partial charge >= 0.3 is 0 Å². The number of hydrogen-bond acceptors (Lipinski definition) is 2. The van der Waals surface area contributed by atoms with Crippen molar-refractivity contribution in [1.29, 1.82) is 0 Å². The van der Waals surface area contributed by atoms with Crippen LogP contribution in [0, 0.1) is 20.8 Å². The molecule has 3 nitrogen and oxygen atoms in total. The molecule has 2 rings (SSSR count). The average molecular weight is 271 g/mol. The lowest BCUT2D eigenvalue weighted by Crippen LogP contribution is -2.21. The van der Waals surface area contributed by atoms with Crippen LogP contribution in [0.25, 0.3) is 0 Å². The Bertz CT molecular complexity index is 573. The molecule has 0 spiro atoms. The summed E-state index contributed by atoms with van der Waals surface area (Å²) in [4.78, 5) is 4.43. The van der Waals surface area contributed by atoms with Gasteiger partial charge in [-0.2, -0.15) is 0 Å². The van der Waals surface area contributed by atoms with Crippen molar-refractivity contribution >= 4 is 0 Å². The van der Waals surface area contributed by atoms with Crippen molar-refractivity contribution in [2.24, 2.45) is 5.73 Å². The van der Waals surface area contributed by atoms with E-state index in [1.54, 1.807) is 0 Å². The van der Waals surface area contributed by atoms with Crippen LogP contribution in [-0.2, 0) is 6.54 Å². The molecular weight excluding hydrogens is 246 g/mol. The maximum atomic E-state index is 6.46. The molecule has 0 aliphatic heterocycles. The van der Waals surface area contributed by atoms with Crippen LogP contribution in [0.3, 0.4) is 0 Å². The van der Waals surface area contributed by atoms with Crippen molar-refractivity contribution in [3.63, 3.8) is 0 Å². The van der Waals surface area contributed by atoms with Gasteiger partial charge in [-0.15, -0.1) is 0 Å². The Morgan fingerprint density at radius 2 is 1.75 bits per heavy atom. The highest BCUT2D eigenvalue weighted by Crippen LogP contribution is 2.24. The summed E-state index contributed by atoms with van der Waals surface area (Å²) in [5.74, 6) is 1.51. The molecule has 1 heterocycles. The molecule has 2 N–H and O–H groups in total. The van der Waals surface area contributed by atoms with E-state index in [4.69, 9.17) is 5.73 Å². The van der Waals surface area contributed by atoms with Gasteiger partial charge in [0.25, 0.3) is 0 Å². The van der Waals surface area contributed by atoms with Crippen molar-refractivity contribution in [2.45, 2.75) is 53.1 Å². The third-order valence-electron chi connectivity index (χ3n) is 3.77. The predicted octanol–water partition coefficient (Wildman–Crippen LogP) is 3.63. The zero-order chi connectivity index (χ0) is 14.9. The molecule has 3 heteroatoms. The minimum absolute atomic E-state index is 0.00213. The van der Waals surface area contributed by atoms with Gasteiger partial charge < -0.3 is 10.3 Å². The zero-order valence-electron chi connectivity index (χ0n) is 13.1. The van der Waals surface area contributed by atoms with E-state index in [9.17, 15) is 0 Å². The van der Waals surface area contributed by atoms with Gasteiger partial charge in [-0.3, -0.25) is 0 Å². The minimum atomic E-state index is 0.00213. The molecule has 1 aromatic heterocycles. The average Bonchev–Trinajstić information content (AvgIpc) is 2.75. The van der Waals surface area contributed by atoms with E-state index in [1.165, 1.54) is 22.3 Å². The maximum Gasteiger partial charge on any atom is 0.111 e. The topological polar surface area (TPSA) is 43.8 Å². The Hall–Kier alpha value is -1.61. The SMILES string of the molecule is Cc1cc(C)c(C(N)Cn2ccnc2C(C)C)c(C)c1. The Morgan fingerprint density at radius 1 is 1.15 bits per heavy atom. The van der Waals surface area contributed by atoms with Gasteiger partial charge in [0, 0.05) is 30.9 Å². The van der Waals surface area contributed by atoms with Crippen LogP contribution in [0.4, 0.5) is 0 Å². The summed E-state index contributed by atoms with van der Waals surface area (Å²) in [5.41, 5.74) is 11.6. The quantitative estimate of drug-likeness (QED) is 0.922. The molecular formula is C17H25N3. The van der Waals surface area contributed by atoms with E-state index in [1.807, 2.05) is 12.4 Å². The Morgan fingerprint density at radius 3 is 2.30 bits per heavy atom. The molecule has 0 fully saturated rings. The first-order valence-electron chi connectivity index (χ1n) is 7.24. The fourth-order valence-corrected chi connectivity index (χ4v) is 3.06. The fourth-order valence-electron chi connectivity index (χ4n) is 3.06. The number of imidazole rings is 1. The highest BCUT2D eigenvalue weighted by atomic mass is 15.1. The number of nitrogens with zero attached hydrogens (tertiary/aromatic N) is 2. The molecule has 0 bridgehead atoms. The van der Waals surface area contributed by atoms with Crippen molar-refractivity contribution in [1.82, 2.24) is 9.55 Å². The van der Waals surface area contributed by atoms with E-state index < -0.39 is 0 Å². The van der Waals surface area contributed by atoms with Gasteiger partial charge in [-0.25, -0.2) is 4.98 Å². The monoisotopic (exact) mass is 271 g/mol. The maximum absolute atomic E-state index is 6.46. The number of aryl methyl sites for hydroxylation is 3. The van der Waals surface area contributed by atoms with Crippen LogP contribution in [0.2, 0.25) is 0 Å². The first-order chi connectivity index (χ1) is 9.40. The number of rotatable bonds is 4. The molecule has 0 radical (unpaired) electrons. The Kier molecular flexibility index (Phi) is 4.29. The summed E-state index contributed by atoms with van der Waals surface area (Å²) in [6.07, 6.45) is 3.88. The highest BCUT2D eigenvalue weighted by Gasteiger charge is 2.15. The van der Waals surface area contributed by atoms with Crippen LogP contribution in [0.15, 0.2) is 24.5 Å². The Balaban J connectivity index is 2.29. The van der Waals surface area contributed by atoms with Crippen LogP contribution in [-0.4, -0.2) is 9.55 Å². The van der Waals surface area contributed by atoms with E-state index in [0.29, 0.717) is 5.92 Å². The Labute approximate surface area is 121 Å². The molecule has 2 aromatic rings. The largest absolute Gasteiger partial charge is 0.333 e. The van der Waals surface area contributed by atoms with Crippen molar-refractivity contribution in [3.05, 3.63) is 52.6 Å². The van der Waals surface area contributed by atoms with Crippen molar-refractivity contribution in [3.8, 4) is 0 Å². The molecule has 0 aliphatic carbocycles. The lowest BCUT2D eigenvalue weighted by molar-refractivity contribution is 0.538. The van der Waals surface area contributed by atoms with E-state index >= 15 is 0 Å². The second kappa shape index (κ2) is 5.80. The van der Waals surface area contributed by atoms with Crippen LogP contribution < -0.4 is 5.73 Å². The summed E-state index contributed by atoms with van der Waals surface area (Å²) in [7, 11) is 0. The van der Waals surface area contributed by atoms with Gasteiger partial charge in [0.15, 0.2) is 0 Å². The van der Waals surface area contributed by atoms with E-state index in [2.05, 4.69) is 56.3 Å². The molecule has 108 valence electrons. The third kappa shape index (κ3) is 2.93. The second-order valence-electron chi connectivity index (χ2n) is 6.01. The first kappa shape index (κ1) is 14.8. The van der Waals surface area contributed by atoms with Gasteiger partial charge in [-0.1, -0.05) is 31.5 Å². The fraction of sp³-hybridized carbons (Fsp3) is 0.471. The summed E-state index contributed by atoms with van der Waals surface area (Å²) < 4.78 is 2.17. The molecule has 1 aromatic carbocycles. The van der Waals surface area contributed by atoms with Gasteiger partial charge in [0.05, 0.1) is 0 Å². The first-order valence-corrected chi connectivity index (χ1v) is 7.24. The van der Waals surface area contributed by atoms with Gasteiger partial charge in [0.1, 0.15) is 5.82 Å². The van der Waals surface area contributed by atoms with Crippen LogP contribution >= 0.6 is 0 Å². The van der Waals surface area contributed by atoms with E-state index in [-0.39, 0.29) is 6.04 Å². The predicted molar refractivity (Wildman–Crippen MR) is 83.9 cm³/mol. The lowest BCUT2D eigenvalue weighted by Gasteiger charge is -2.20. The normalized spacial score (nSPS) is 12.9. The van der Waals surface area contributed by atoms with Gasteiger partial charge in [0.2, 0.25) is 0 Å². The molecule has 0 saturated heterocycles.